The second kappa shape index (κ2) is 5.65. The average molecular weight is 223 g/mol. The number of hydrogen-bond donors (Lipinski definition) is 2. The Hall–Kier alpha value is -2.17. The third-order valence-electron chi connectivity index (χ3n) is 1.73. The molecule has 0 aromatic heterocycles. The molecule has 1 amide bonds. The zero-order chi connectivity index (χ0) is 12.0. The smallest absolute Gasteiger partial charge is 0.328 e. The lowest BCUT2D eigenvalue weighted by Crippen LogP contribution is -2.12. The molecule has 0 aliphatic carbocycles. The topological polar surface area (TPSA) is 66.4 Å². The molecule has 0 saturated carbocycles. The van der Waals surface area contributed by atoms with E-state index >= 15 is 0 Å². The molecule has 0 unspecified atom stereocenters. The summed E-state index contributed by atoms with van der Waals surface area (Å²) < 4.78 is 11.9. The molecule has 1 rings (SSSR count). The summed E-state index contributed by atoms with van der Waals surface area (Å²) in [5.41, 5.74) is 1.15. The molecule has 0 heterocycles. The summed E-state index contributed by atoms with van der Waals surface area (Å²) in [6.07, 6.45) is 2.43. The first-order valence-corrected chi connectivity index (χ1v) is 4.48. The molecule has 0 saturated heterocycles. The number of carbonyl (C=O) groups excluding carboxylic acids is 1. The Labute approximate surface area is 91.4 Å². The van der Waals surface area contributed by atoms with Gasteiger partial charge in [-0.1, -0.05) is 12.1 Å². The van der Waals surface area contributed by atoms with Crippen molar-refractivity contribution in [2.45, 2.75) is 0 Å². The molecule has 0 aliphatic rings. The summed E-state index contributed by atoms with van der Waals surface area (Å²) in [6, 6.07) is 6.37. The fraction of sp³-hybridized carbons (Fsp3) is 0.0909. The summed E-state index contributed by atoms with van der Waals surface area (Å²) in [7, 11) is 0. The van der Waals surface area contributed by atoms with E-state index in [2.05, 4.69) is 5.32 Å². The van der Waals surface area contributed by atoms with Crippen LogP contribution in [0.3, 0.4) is 0 Å². The Bertz CT molecular complexity index is 412. The second-order valence-corrected chi connectivity index (χ2v) is 2.98. The van der Waals surface area contributed by atoms with Gasteiger partial charge < -0.3 is 10.4 Å². The van der Waals surface area contributed by atoms with Crippen molar-refractivity contribution in [2.24, 2.45) is 0 Å². The molecule has 0 fully saturated rings. The van der Waals surface area contributed by atoms with E-state index in [0.717, 1.165) is 6.08 Å². The van der Waals surface area contributed by atoms with Gasteiger partial charge in [0.2, 0.25) is 0 Å². The molecule has 1 aromatic rings. The third kappa shape index (κ3) is 3.91. The Morgan fingerprint density at radius 2 is 1.94 bits per heavy atom. The van der Waals surface area contributed by atoms with Gasteiger partial charge in [-0.2, -0.15) is 0 Å². The molecule has 0 aliphatic heterocycles. The standard InChI is InChI=1S/C11H10FNO3/c12-7-10(14)13-9-4-1-8(2-5-9)3-6-11(15)16/h1-6H,7H2,(H,13,14)(H,15,16). The molecular weight excluding hydrogens is 213 g/mol. The van der Waals surface area contributed by atoms with Crippen LogP contribution in [0.15, 0.2) is 30.3 Å². The second-order valence-electron chi connectivity index (χ2n) is 2.98. The van der Waals surface area contributed by atoms with E-state index in [1.54, 1.807) is 24.3 Å². The van der Waals surface area contributed by atoms with Gasteiger partial charge in [-0.25, -0.2) is 9.18 Å². The lowest BCUT2D eigenvalue weighted by Gasteiger charge is -2.02. The fourth-order valence-electron chi connectivity index (χ4n) is 1.04. The highest BCUT2D eigenvalue weighted by atomic mass is 19.1. The highest BCUT2D eigenvalue weighted by Crippen LogP contribution is 2.10. The maximum absolute atomic E-state index is 11.9. The Morgan fingerprint density at radius 3 is 2.44 bits per heavy atom. The van der Waals surface area contributed by atoms with Gasteiger partial charge in [0, 0.05) is 11.8 Å². The number of rotatable bonds is 4. The van der Waals surface area contributed by atoms with Gasteiger partial charge in [-0.15, -0.1) is 0 Å². The predicted octanol–water partition coefficient (Wildman–Crippen LogP) is 1.69. The first-order valence-electron chi connectivity index (χ1n) is 4.48. The van der Waals surface area contributed by atoms with E-state index in [1.807, 2.05) is 0 Å². The van der Waals surface area contributed by atoms with Crippen LogP contribution >= 0.6 is 0 Å². The molecular formula is C11H10FNO3. The minimum atomic E-state index is -1.07. The number of aliphatic carboxylic acids is 1. The van der Waals surface area contributed by atoms with Crippen LogP contribution in [0.4, 0.5) is 10.1 Å². The van der Waals surface area contributed by atoms with E-state index in [1.165, 1.54) is 6.08 Å². The van der Waals surface area contributed by atoms with Gasteiger partial charge >= 0.3 is 5.97 Å². The number of benzene rings is 1. The fourth-order valence-corrected chi connectivity index (χ4v) is 1.04. The molecule has 0 bridgehead atoms. The molecule has 0 radical (unpaired) electrons. The first-order chi connectivity index (χ1) is 7.61. The Morgan fingerprint density at radius 1 is 1.31 bits per heavy atom. The first kappa shape index (κ1) is 11.9. The number of anilines is 1. The molecule has 1 aromatic carbocycles. The lowest BCUT2D eigenvalue weighted by atomic mass is 10.2. The van der Waals surface area contributed by atoms with Gasteiger partial charge in [-0.3, -0.25) is 4.79 Å². The number of carbonyl (C=O) groups is 2. The number of alkyl halides is 1. The van der Waals surface area contributed by atoms with Gasteiger partial charge in [0.15, 0.2) is 6.67 Å². The summed E-state index contributed by atoms with van der Waals surface area (Å²) in [4.78, 5) is 20.9. The van der Waals surface area contributed by atoms with Crippen LogP contribution in [0.1, 0.15) is 5.56 Å². The van der Waals surface area contributed by atoms with Crippen LogP contribution in [-0.4, -0.2) is 23.7 Å². The maximum atomic E-state index is 11.9. The molecule has 0 spiro atoms. The minimum Gasteiger partial charge on any atom is -0.478 e. The van der Waals surface area contributed by atoms with E-state index in [4.69, 9.17) is 5.11 Å². The van der Waals surface area contributed by atoms with Crippen molar-refractivity contribution in [3.05, 3.63) is 35.9 Å². The van der Waals surface area contributed by atoms with Crippen molar-refractivity contribution in [3.63, 3.8) is 0 Å². The van der Waals surface area contributed by atoms with E-state index in [0.29, 0.717) is 11.3 Å². The van der Waals surface area contributed by atoms with Gasteiger partial charge in [0.25, 0.3) is 5.91 Å². The molecule has 4 nitrogen and oxygen atoms in total. The Balaban J connectivity index is 2.68. The minimum absolute atomic E-state index is 0.468. The van der Waals surface area contributed by atoms with Gasteiger partial charge in [0.1, 0.15) is 0 Å². The summed E-state index contributed by atoms with van der Waals surface area (Å²) >= 11 is 0. The number of hydrogen-bond acceptors (Lipinski definition) is 2. The van der Waals surface area contributed by atoms with Gasteiger partial charge in [-0.05, 0) is 23.8 Å². The third-order valence-corrected chi connectivity index (χ3v) is 1.73. The van der Waals surface area contributed by atoms with Crippen molar-refractivity contribution < 1.29 is 19.1 Å². The highest BCUT2D eigenvalue weighted by molar-refractivity contribution is 5.91. The number of carboxylic acid groups (broad SMARTS) is 1. The van der Waals surface area contributed by atoms with Crippen LogP contribution in [0.5, 0.6) is 0 Å². The number of nitrogens with one attached hydrogen (secondary N) is 1. The Kier molecular flexibility index (Phi) is 4.20. The zero-order valence-corrected chi connectivity index (χ0v) is 8.31. The van der Waals surface area contributed by atoms with E-state index in [9.17, 15) is 14.0 Å². The zero-order valence-electron chi connectivity index (χ0n) is 8.31. The monoisotopic (exact) mass is 223 g/mol. The van der Waals surface area contributed by atoms with Crippen LogP contribution in [0, 0.1) is 0 Å². The molecule has 84 valence electrons. The largest absolute Gasteiger partial charge is 0.478 e. The average Bonchev–Trinajstić information content (AvgIpc) is 2.28. The predicted molar refractivity (Wildman–Crippen MR) is 57.7 cm³/mol. The summed E-state index contributed by atoms with van der Waals surface area (Å²) in [5, 5.41) is 10.7. The van der Waals surface area contributed by atoms with Crippen molar-refractivity contribution in [1.29, 1.82) is 0 Å². The summed E-state index contributed by atoms with van der Waals surface area (Å²) in [5.74, 6) is -1.75. The normalized spacial score (nSPS) is 10.3. The molecule has 0 atom stereocenters. The molecule has 5 heteroatoms. The van der Waals surface area contributed by atoms with Crippen LogP contribution in [0.2, 0.25) is 0 Å². The van der Waals surface area contributed by atoms with Crippen molar-refractivity contribution in [1.82, 2.24) is 0 Å². The number of carboxylic acids is 1. The highest BCUT2D eigenvalue weighted by Gasteiger charge is 1.99. The van der Waals surface area contributed by atoms with Crippen molar-refractivity contribution in [3.8, 4) is 0 Å². The number of halogens is 1. The molecule has 16 heavy (non-hydrogen) atoms. The summed E-state index contributed by atoms with van der Waals surface area (Å²) in [6.45, 7) is -1.07. The van der Waals surface area contributed by atoms with Gasteiger partial charge in [0.05, 0.1) is 0 Å². The van der Waals surface area contributed by atoms with Crippen LogP contribution < -0.4 is 5.32 Å². The van der Waals surface area contributed by atoms with Crippen molar-refractivity contribution >= 4 is 23.6 Å². The SMILES string of the molecule is O=C(O)C=Cc1ccc(NC(=O)CF)cc1. The quantitative estimate of drug-likeness (QED) is 0.763. The number of amides is 1. The lowest BCUT2D eigenvalue weighted by molar-refractivity contribution is -0.131. The van der Waals surface area contributed by atoms with Crippen LogP contribution in [-0.2, 0) is 9.59 Å². The van der Waals surface area contributed by atoms with E-state index < -0.39 is 18.6 Å². The molecule has 2 N–H and O–H groups in total. The van der Waals surface area contributed by atoms with Crippen LogP contribution in [0.25, 0.3) is 6.08 Å². The van der Waals surface area contributed by atoms with E-state index in [-0.39, 0.29) is 0 Å². The maximum Gasteiger partial charge on any atom is 0.328 e. The van der Waals surface area contributed by atoms with Crippen molar-refractivity contribution in [2.75, 3.05) is 12.0 Å².